The molecule has 0 aliphatic heterocycles. The number of benzene rings is 2. The smallest absolute Gasteiger partial charge is 0.305 e. The van der Waals surface area contributed by atoms with Crippen molar-refractivity contribution in [1.82, 2.24) is 9.97 Å². The van der Waals surface area contributed by atoms with Crippen LogP contribution in [0.3, 0.4) is 0 Å². The van der Waals surface area contributed by atoms with Crippen molar-refractivity contribution in [3.63, 3.8) is 0 Å². The van der Waals surface area contributed by atoms with E-state index >= 15 is 0 Å². The Kier molecular flexibility index (Phi) is 9.72. The molecular formula is C25H23Cl2N3O4S. The number of nitrogens with one attached hydrogen (secondary N) is 1. The molecule has 0 radical (unpaired) electrons. The molecule has 1 N–H and O–H groups in total. The lowest BCUT2D eigenvalue weighted by molar-refractivity contribution is -0.140. The number of rotatable bonds is 10. The highest BCUT2D eigenvalue weighted by atomic mass is 35.5. The number of aromatic nitrogens is 2. The van der Waals surface area contributed by atoms with E-state index in [1.807, 2.05) is 47.8 Å². The monoisotopic (exact) mass is 531 g/mol. The number of halogens is 2. The number of pyridine rings is 1. The van der Waals surface area contributed by atoms with Gasteiger partial charge in [0.05, 0.1) is 30.4 Å². The lowest BCUT2D eigenvalue weighted by Crippen LogP contribution is -2.03. The van der Waals surface area contributed by atoms with E-state index in [-0.39, 0.29) is 24.8 Å². The molecule has 4 rings (SSSR count). The van der Waals surface area contributed by atoms with Gasteiger partial charge in [-0.2, -0.15) is 0 Å². The van der Waals surface area contributed by atoms with Crippen molar-refractivity contribution in [3.8, 4) is 17.2 Å². The predicted octanol–water partition coefficient (Wildman–Crippen LogP) is 6.83. The summed E-state index contributed by atoms with van der Waals surface area (Å²) in [6.45, 7) is 0.356. The van der Waals surface area contributed by atoms with Crippen molar-refractivity contribution in [3.05, 3.63) is 88.5 Å². The molecule has 0 fully saturated rings. The second-order valence-corrected chi connectivity index (χ2v) is 8.43. The normalized spacial score (nSPS) is 10.2. The number of ether oxygens (including phenoxy) is 3. The Morgan fingerprint density at radius 3 is 2.63 bits per heavy atom. The van der Waals surface area contributed by atoms with Crippen LogP contribution < -0.4 is 14.8 Å². The molecule has 0 saturated heterocycles. The maximum absolute atomic E-state index is 11.4. The van der Waals surface area contributed by atoms with E-state index in [4.69, 9.17) is 21.1 Å². The van der Waals surface area contributed by atoms with Gasteiger partial charge in [0, 0.05) is 17.9 Å². The van der Waals surface area contributed by atoms with Gasteiger partial charge in [0.2, 0.25) is 0 Å². The van der Waals surface area contributed by atoms with E-state index in [1.54, 1.807) is 24.4 Å². The fourth-order valence-corrected chi connectivity index (χ4v) is 3.91. The lowest BCUT2D eigenvalue weighted by atomic mass is 10.2. The van der Waals surface area contributed by atoms with Crippen LogP contribution in [0.5, 0.6) is 17.2 Å². The summed E-state index contributed by atoms with van der Waals surface area (Å²) < 4.78 is 16.7. The van der Waals surface area contributed by atoms with Gasteiger partial charge in [-0.15, -0.1) is 23.7 Å². The van der Waals surface area contributed by atoms with Gasteiger partial charge in [-0.3, -0.25) is 4.79 Å². The van der Waals surface area contributed by atoms with Crippen molar-refractivity contribution in [1.29, 1.82) is 0 Å². The molecule has 2 heterocycles. The standard InChI is InChI=1S/C25H22ClN3O4S.ClH/c1-31-23(30)12-11-18-16-34-25(28-18)29-24-22(32-15-17-7-3-2-4-8-17)13-19(14-27-24)33-21-10-6-5-9-20(21)26;/h2-10,13-14,16H,11-12,15H2,1H3,(H,27,28,29);1H. The summed E-state index contributed by atoms with van der Waals surface area (Å²) in [5.74, 6) is 1.74. The SMILES string of the molecule is COC(=O)CCc1csc(Nc2ncc(Oc3ccccc3Cl)cc2OCc2ccccc2)n1.Cl. The van der Waals surface area contributed by atoms with E-state index in [0.717, 1.165) is 11.3 Å². The molecule has 0 unspecified atom stereocenters. The highest BCUT2D eigenvalue weighted by Crippen LogP contribution is 2.35. The first-order valence-electron chi connectivity index (χ1n) is 10.5. The van der Waals surface area contributed by atoms with E-state index in [1.165, 1.54) is 18.4 Å². The van der Waals surface area contributed by atoms with Crippen LogP contribution in [0.1, 0.15) is 17.7 Å². The molecule has 7 nitrogen and oxygen atoms in total. The zero-order valence-corrected chi connectivity index (χ0v) is 21.2. The predicted molar refractivity (Wildman–Crippen MR) is 140 cm³/mol. The van der Waals surface area contributed by atoms with Crippen molar-refractivity contribution >= 4 is 52.3 Å². The maximum Gasteiger partial charge on any atom is 0.305 e. The van der Waals surface area contributed by atoms with E-state index in [9.17, 15) is 4.79 Å². The number of carbonyl (C=O) groups excluding carboxylic acids is 1. The molecule has 0 aliphatic rings. The fraction of sp³-hybridized carbons (Fsp3) is 0.160. The molecule has 182 valence electrons. The van der Waals surface area contributed by atoms with Crippen molar-refractivity contribution in [2.24, 2.45) is 0 Å². The average Bonchev–Trinajstić information content (AvgIpc) is 3.32. The molecular weight excluding hydrogens is 509 g/mol. The van der Waals surface area contributed by atoms with Gasteiger partial charge in [0.1, 0.15) is 18.1 Å². The maximum atomic E-state index is 11.4. The van der Waals surface area contributed by atoms with Crippen LogP contribution in [-0.2, 0) is 22.6 Å². The van der Waals surface area contributed by atoms with Crippen molar-refractivity contribution in [2.45, 2.75) is 19.4 Å². The Balaban J connectivity index is 0.00000342. The first-order chi connectivity index (χ1) is 16.6. The van der Waals surface area contributed by atoms with Crippen LogP contribution in [0.4, 0.5) is 10.9 Å². The number of hydrogen-bond donors (Lipinski definition) is 1. The van der Waals surface area contributed by atoms with Gasteiger partial charge in [-0.05, 0) is 17.7 Å². The van der Waals surface area contributed by atoms with Crippen LogP contribution in [0.25, 0.3) is 0 Å². The number of carbonyl (C=O) groups is 1. The Morgan fingerprint density at radius 2 is 1.86 bits per heavy atom. The molecule has 35 heavy (non-hydrogen) atoms. The number of esters is 1. The second kappa shape index (κ2) is 12.9. The third-order valence-corrected chi connectivity index (χ3v) is 5.84. The second-order valence-electron chi connectivity index (χ2n) is 7.17. The first kappa shape index (κ1) is 26.3. The molecule has 0 bridgehead atoms. The largest absolute Gasteiger partial charge is 0.485 e. The highest BCUT2D eigenvalue weighted by Gasteiger charge is 2.13. The van der Waals surface area contributed by atoms with Crippen LogP contribution >= 0.6 is 35.3 Å². The number of para-hydroxylation sites is 1. The fourth-order valence-electron chi connectivity index (χ4n) is 2.99. The van der Waals surface area contributed by atoms with E-state index in [2.05, 4.69) is 20.0 Å². The summed E-state index contributed by atoms with van der Waals surface area (Å²) in [6.07, 6.45) is 2.37. The summed E-state index contributed by atoms with van der Waals surface area (Å²) in [5.41, 5.74) is 1.81. The van der Waals surface area contributed by atoms with Crippen LogP contribution in [0.15, 0.2) is 72.2 Å². The molecule has 0 saturated carbocycles. The van der Waals surface area contributed by atoms with Gasteiger partial charge >= 0.3 is 5.97 Å². The number of hydrogen-bond acceptors (Lipinski definition) is 8. The minimum atomic E-state index is -0.269. The molecule has 0 atom stereocenters. The summed E-state index contributed by atoms with van der Waals surface area (Å²) in [6, 6.07) is 18.8. The van der Waals surface area contributed by atoms with Gasteiger partial charge in [-0.25, -0.2) is 9.97 Å². The third kappa shape index (κ3) is 7.58. The molecule has 2 aromatic carbocycles. The molecule has 2 aromatic heterocycles. The van der Waals surface area contributed by atoms with Crippen molar-refractivity contribution in [2.75, 3.05) is 12.4 Å². The van der Waals surface area contributed by atoms with Crippen molar-refractivity contribution < 1.29 is 19.0 Å². The minimum absolute atomic E-state index is 0. The summed E-state index contributed by atoms with van der Waals surface area (Å²) >= 11 is 7.64. The quantitative estimate of drug-likeness (QED) is 0.224. The molecule has 10 heteroatoms. The summed E-state index contributed by atoms with van der Waals surface area (Å²) in [7, 11) is 1.37. The average molecular weight is 532 g/mol. The van der Waals surface area contributed by atoms with Crippen LogP contribution in [0.2, 0.25) is 5.02 Å². The van der Waals surface area contributed by atoms with Gasteiger partial charge in [0.25, 0.3) is 0 Å². The third-order valence-electron chi connectivity index (χ3n) is 4.72. The Labute approximate surface area is 218 Å². The Hall–Kier alpha value is -3.33. The molecule has 4 aromatic rings. The topological polar surface area (TPSA) is 82.6 Å². The Morgan fingerprint density at radius 1 is 1.09 bits per heavy atom. The molecule has 0 spiro atoms. The Bertz CT molecular complexity index is 1250. The summed E-state index contributed by atoms with van der Waals surface area (Å²) in [4.78, 5) is 20.4. The number of aryl methyl sites for hydroxylation is 1. The molecule has 0 amide bonds. The number of thiazole rings is 1. The zero-order valence-electron chi connectivity index (χ0n) is 18.8. The van der Waals surface area contributed by atoms with Crippen LogP contribution in [0, 0.1) is 0 Å². The molecule has 0 aliphatic carbocycles. The number of methoxy groups -OCH3 is 1. The highest BCUT2D eigenvalue weighted by molar-refractivity contribution is 7.13. The van der Waals surface area contributed by atoms with E-state index < -0.39 is 0 Å². The number of anilines is 2. The lowest BCUT2D eigenvalue weighted by Gasteiger charge is -2.14. The van der Waals surface area contributed by atoms with Crippen LogP contribution in [-0.4, -0.2) is 23.0 Å². The van der Waals surface area contributed by atoms with Gasteiger partial charge in [-0.1, -0.05) is 54.1 Å². The first-order valence-corrected chi connectivity index (χ1v) is 11.7. The number of nitrogens with zero attached hydrogens (tertiary/aromatic N) is 2. The zero-order chi connectivity index (χ0) is 23.8. The van der Waals surface area contributed by atoms with E-state index in [0.29, 0.717) is 46.2 Å². The minimum Gasteiger partial charge on any atom is -0.485 e. The summed E-state index contributed by atoms with van der Waals surface area (Å²) in [5, 5.41) is 6.23. The van der Waals surface area contributed by atoms with Gasteiger partial charge < -0.3 is 19.5 Å². The van der Waals surface area contributed by atoms with Gasteiger partial charge in [0.15, 0.2) is 16.7 Å².